The molecule has 3 rings (SSSR count). The second kappa shape index (κ2) is 4.49. The van der Waals surface area contributed by atoms with E-state index in [4.69, 9.17) is 4.42 Å². The van der Waals surface area contributed by atoms with E-state index in [-0.39, 0.29) is 17.0 Å². The largest absolute Gasteiger partial charge is 1.00 e. The van der Waals surface area contributed by atoms with Gasteiger partial charge in [-0.3, -0.25) is 0 Å². The van der Waals surface area contributed by atoms with Crippen molar-refractivity contribution in [2.75, 3.05) is 0 Å². The minimum Gasteiger partial charge on any atom is -1.00 e. The maximum Gasteiger partial charge on any atom is 0.379 e. The molecule has 0 atom stereocenters. The van der Waals surface area contributed by atoms with Gasteiger partial charge in [0.1, 0.15) is 0 Å². The molecule has 0 bridgehead atoms. The number of fused-ring (bicyclic) bond motifs is 1. The standard InChI is InChI=1S/C13H10NO.BrH/c1-2-6-11(7-3-1)12-10-14-9-5-4-8-13(14)15-12;/h1-10H;1H/q+1;/p-1. The van der Waals surface area contributed by atoms with E-state index < -0.39 is 0 Å². The summed E-state index contributed by atoms with van der Waals surface area (Å²) in [5.74, 6) is 0.891. The Bertz CT molecular complexity index is 556. The van der Waals surface area contributed by atoms with Crippen LogP contribution in [0.25, 0.3) is 17.0 Å². The van der Waals surface area contributed by atoms with Crippen LogP contribution in [0.15, 0.2) is 65.3 Å². The first-order chi connectivity index (χ1) is 7.43. The van der Waals surface area contributed by atoms with Gasteiger partial charge in [0.2, 0.25) is 12.0 Å². The Morgan fingerprint density at radius 1 is 0.875 bits per heavy atom. The van der Waals surface area contributed by atoms with Gasteiger partial charge in [-0.1, -0.05) is 30.3 Å². The summed E-state index contributed by atoms with van der Waals surface area (Å²) in [6, 6.07) is 16.0. The first-order valence-electron chi connectivity index (χ1n) is 4.89. The maximum absolute atomic E-state index is 5.72. The molecular formula is C13H10BrNO. The van der Waals surface area contributed by atoms with Crippen molar-refractivity contribution in [1.82, 2.24) is 0 Å². The van der Waals surface area contributed by atoms with Crippen LogP contribution in [0, 0.1) is 0 Å². The van der Waals surface area contributed by atoms with Crippen molar-refractivity contribution in [2.45, 2.75) is 0 Å². The van der Waals surface area contributed by atoms with E-state index in [9.17, 15) is 0 Å². The first kappa shape index (κ1) is 10.9. The number of rotatable bonds is 1. The minimum atomic E-state index is 0. The molecule has 3 heteroatoms. The topological polar surface area (TPSA) is 17.2 Å². The molecule has 0 fully saturated rings. The lowest BCUT2D eigenvalue weighted by Crippen LogP contribution is -3.00. The number of pyridine rings is 1. The van der Waals surface area contributed by atoms with E-state index in [1.807, 2.05) is 65.3 Å². The zero-order chi connectivity index (χ0) is 10.1. The van der Waals surface area contributed by atoms with Crippen LogP contribution >= 0.6 is 0 Å². The Kier molecular flexibility index (Phi) is 3.06. The Morgan fingerprint density at radius 3 is 2.38 bits per heavy atom. The quantitative estimate of drug-likeness (QED) is 0.557. The molecular weight excluding hydrogens is 266 g/mol. The third-order valence-corrected chi connectivity index (χ3v) is 2.38. The van der Waals surface area contributed by atoms with E-state index in [1.165, 1.54) is 0 Å². The number of oxazole rings is 1. The smallest absolute Gasteiger partial charge is 0.379 e. The first-order valence-corrected chi connectivity index (χ1v) is 4.89. The highest BCUT2D eigenvalue weighted by Gasteiger charge is 2.11. The Labute approximate surface area is 104 Å². The molecule has 0 amide bonds. The van der Waals surface area contributed by atoms with Crippen molar-refractivity contribution < 1.29 is 25.8 Å². The van der Waals surface area contributed by atoms with Gasteiger partial charge in [-0.2, -0.15) is 0 Å². The van der Waals surface area contributed by atoms with Crippen molar-refractivity contribution in [3.63, 3.8) is 0 Å². The van der Waals surface area contributed by atoms with Crippen LogP contribution in [0.1, 0.15) is 0 Å². The number of benzene rings is 1. The minimum absolute atomic E-state index is 0. The average molecular weight is 276 g/mol. The summed E-state index contributed by atoms with van der Waals surface area (Å²) in [4.78, 5) is 0. The zero-order valence-electron chi connectivity index (χ0n) is 8.51. The van der Waals surface area contributed by atoms with Gasteiger partial charge in [-0.05, 0) is 6.07 Å². The molecule has 2 aromatic heterocycles. The van der Waals surface area contributed by atoms with Crippen LogP contribution in [-0.2, 0) is 0 Å². The van der Waals surface area contributed by atoms with Crippen molar-refractivity contribution >= 4 is 5.71 Å². The normalized spacial score (nSPS) is 10.0. The van der Waals surface area contributed by atoms with Gasteiger partial charge in [0.15, 0.2) is 6.20 Å². The predicted molar refractivity (Wildman–Crippen MR) is 57.3 cm³/mol. The SMILES string of the molecule is [Br-].c1ccc(-c2c[n+]3ccccc3o2)cc1. The molecule has 0 spiro atoms. The molecule has 1 aromatic carbocycles. The molecule has 0 unspecified atom stereocenters. The predicted octanol–water partition coefficient (Wildman–Crippen LogP) is -0.311. The summed E-state index contributed by atoms with van der Waals surface area (Å²) in [5.41, 5.74) is 1.96. The average Bonchev–Trinajstić information content (AvgIpc) is 2.74. The Balaban J connectivity index is 0.000000963. The monoisotopic (exact) mass is 275 g/mol. The van der Waals surface area contributed by atoms with E-state index in [0.717, 1.165) is 17.0 Å². The van der Waals surface area contributed by atoms with E-state index in [0.29, 0.717) is 0 Å². The lowest BCUT2D eigenvalue weighted by molar-refractivity contribution is -0.513. The molecule has 0 saturated carbocycles. The number of nitrogens with zero attached hydrogens (tertiary/aromatic N) is 1. The molecule has 0 N–H and O–H groups in total. The molecule has 0 saturated heterocycles. The highest BCUT2D eigenvalue weighted by molar-refractivity contribution is 5.56. The molecule has 0 aliphatic rings. The second-order valence-corrected chi connectivity index (χ2v) is 3.41. The molecule has 80 valence electrons. The lowest BCUT2D eigenvalue weighted by atomic mass is 10.2. The molecule has 2 heterocycles. The summed E-state index contributed by atoms with van der Waals surface area (Å²) in [7, 11) is 0. The highest BCUT2D eigenvalue weighted by atomic mass is 79.9. The van der Waals surface area contributed by atoms with Crippen LogP contribution in [-0.4, -0.2) is 0 Å². The molecule has 16 heavy (non-hydrogen) atoms. The van der Waals surface area contributed by atoms with Crippen LogP contribution < -0.4 is 21.4 Å². The molecule has 0 aliphatic carbocycles. The maximum atomic E-state index is 5.72. The van der Waals surface area contributed by atoms with E-state index in [1.54, 1.807) is 0 Å². The second-order valence-electron chi connectivity index (χ2n) is 3.41. The molecule has 2 nitrogen and oxygen atoms in total. The fourth-order valence-corrected chi connectivity index (χ4v) is 1.63. The van der Waals surface area contributed by atoms with Gasteiger partial charge in [0.05, 0.1) is 6.07 Å². The molecule has 0 radical (unpaired) electrons. The number of hydrogen-bond donors (Lipinski definition) is 0. The third-order valence-electron chi connectivity index (χ3n) is 2.38. The molecule has 3 aromatic rings. The number of halogens is 1. The Morgan fingerprint density at radius 2 is 1.62 bits per heavy atom. The van der Waals surface area contributed by atoms with Gasteiger partial charge in [-0.25, -0.2) is 0 Å². The van der Waals surface area contributed by atoms with Crippen molar-refractivity contribution in [1.29, 1.82) is 0 Å². The van der Waals surface area contributed by atoms with Crippen molar-refractivity contribution in [2.24, 2.45) is 0 Å². The third kappa shape index (κ3) is 1.86. The zero-order valence-corrected chi connectivity index (χ0v) is 10.1. The van der Waals surface area contributed by atoms with Crippen LogP contribution in [0.3, 0.4) is 0 Å². The van der Waals surface area contributed by atoms with Gasteiger partial charge in [0, 0.05) is 11.6 Å². The van der Waals surface area contributed by atoms with E-state index >= 15 is 0 Å². The van der Waals surface area contributed by atoms with Crippen LogP contribution in [0.4, 0.5) is 0 Å². The fraction of sp³-hybridized carbons (Fsp3) is 0. The van der Waals surface area contributed by atoms with Crippen molar-refractivity contribution in [3.05, 3.63) is 60.9 Å². The van der Waals surface area contributed by atoms with Crippen LogP contribution in [0.2, 0.25) is 0 Å². The number of aromatic nitrogens is 1. The van der Waals surface area contributed by atoms with E-state index in [2.05, 4.69) is 0 Å². The van der Waals surface area contributed by atoms with Crippen molar-refractivity contribution in [3.8, 4) is 11.3 Å². The van der Waals surface area contributed by atoms with Gasteiger partial charge < -0.3 is 21.4 Å². The van der Waals surface area contributed by atoms with Gasteiger partial charge >= 0.3 is 5.71 Å². The Hall–Kier alpha value is -1.61. The lowest BCUT2D eigenvalue weighted by Gasteiger charge is -1.89. The van der Waals surface area contributed by atoms with Gasteiger partial charge in [0.25, 0.3) is 0 Å². The fourth-order valence-electron chi connectivity index (χ4n) is 1.63. The summed E-state index contributed by atoms with van der Waals surface area (Å²) in [5, 5.41) is 0. The summed E-state index contributed by atoms with van der Waals surface area (Å²) < 4.78 is 7.69. The summed E-state index contributed by atoms with van der Waals surface area (Å²) in [6.07, 6.45) is 3.97. The molecule has 0 aliphatic heterocycles. The summed E-state index contributed by atoms with van der Waals surface area (Å²) >= 11 is 0. The highest BCUT2D eigenvalue weighted by Crippen LogP contribution is 2.18. The number of hydrogen-bond acceptors (Lipinski definition) is 1. The summed E-state index contributed by atoms with van der Waals surface area (Å²) in [6.45, 7) is 0. The van der Waals surface area contributed by atoms with Crippen LogP contribution in [0.5, 0.6) is 0 Å². The van der Waals surface area contributed by atoms with Gasteiger partial charge in [-0.15, -0.1) is 4.40 Å².